The van der Waals surface area contributed by atoms with Gasteiger partial charge in [-0.1, -0.05) is 20.3 Å². The molecular formula is C18H31N3O8S. The molecule has 2 heterocycles. The van der Waals surface area contributed by atoms with Crippen molar-refractivity contribution in [3.63, 3.8) is 0 Å². The Morgan fingerprint density at radius 1 is 1.20 bits per heavy atom. The number of hydrogen-bond acceptors (Lipinski definition) is 7. The van der Waals surface area contributed by atoms with Gasteiger partial charge < -0.3 is 15.7 Å². The van der Waals surface area contributed by atoms with E-state index in [9.17, 15) is 22.8 Å². The molecule has 2 atom stereocenters. The van der Waals surface area contributed by atoms with E-state index in [4.69, 9.17) is 19.3 Å². The molecule has 0 aliphatic carbocycles. The van der Waals surface area contributed by atoms with Gasteiger partial charge in [0.1, 0.15) is 6.04 Å². The van der Waals surface area contributed by atoms with Gasteiger partial charge in [0.25, 0.3) is 0 Å². The summed E-state index contributed by atoms with van der Waals surface area (Å²) in [5.74, 6) is -1.53. The maximum Gasteiger partial charge on any atom is 0.421 e. The van der Waals surface area contributed by atoms with E-state index in [1.165, 1.54) is 4.90 Å². The zero-order chi connectivity index (χ0) is 22.9. The minimum Gasteiger partial charge on any atom is -0.481 e. The number of carbonyl (C=O) groups excluding carboxylic acids is 2. The number of primary amides is 1. The van der Waals surface area contributed by atoms with E-state index in [2.05, 4.69) is 0 Å². The molecule has 2 rings (SSSR count). The summed E-state index contributed by atoms with van der Waals surface area (Å²) in [6.07, 6.45) is 2.28. The second-order valence-electron chi connectivity index (χ2n) is 9.36. The van der Waals surface area contributed by atoms with Crippen LogP contribution in [0.2, 0.25) is 0 Å². The van der Waals surface area contributed by atoms with Gasteiger partial charge in [0.15, 0.2) is 0 Å². The van der Waals surface area contributed by atoms with Crippen LogP contribution in [0.3, 0.4) is 0 Å². The first-order valence-electron chi connectivity index (χ1n) is 9.87. The number of fused-ring (bicyclic) bond motifs is 2. The monoisotopic (exact) mass is 449 g/mol. The highest BCUT2D eigenvalue weighted by molar-refractivity contribution is 7.81. The number of hydroxylamine groups is 2. The molecule has 2 bridgehead atoms. The van der Waals surface area contributed by atoms with Crippen molar-refractivity contribution >= 4 is 28.3 Å². The van der Waals surface area contributed by atoms with Crippen molar-refractivity contribution in [2.24, 2.45) is 16.6 Å². The molecule has 3 amide bonds. The molecule has 30 heavy (non-hydrogen) atoms. The zero-order valence-corrected chi connectivity index (χ0v) is 18.6. The molecule has 3 N–H and O–H groups in total. The molecule has 0 aromatic heterocycles. The summed E-state index contributed by atoms with van der Waals surface area (Å²) < 4.78 is 34.4. The van der Waals surface area contributed by atoms with Gasteiger partial charge in [-0.15, -0.1) is 4.28 Å². The Balaban J connectivity index is 1.89. The molecule has 172 valence electrons. The Labute approximate surface area is 176 Å². The fraction of sp³-hybridized carbons (Fsp3) is 0.833. The van der Waals surface area contributed by atoms with Crippen LogP contribution in [0.15, 0.2) is 0 Å². The first-order valence-corrected chi connectivity index (χ1v) is 11.2. The maximum absolute atomic E-state index is 12.4. The lowest BCUT2D eigenvalue weighted by Gasteiger charge is -2.27. The first-order chi connectivity index (χ1) is 13.7. The number of carbonyl (C=O) groups is 3. The zero-order valence-electron chi connectivity index (χ0n) is 17.8. The van der Waals surface area contributed by atoms with Crippen molar-refractivity contribution in [2.75, 3.05) is 13.2 Å². The molecule has 0 saturated carbocycles. The Kier molecular flexibility index (Phi) is 7.04. The topological polar surface area (TPSA) is 157 Å². The molecule has 2 fully saturated rings. The Hall–Kier alpha value is -1.92. The number of nitrogens with zero attached hydrogens (tertiary/aromatic N) is 2. The molecule has 2 aliphatic rings. The molecule has 0 radical (unpaired) electrons. The van der Waals surface area contributed by atoms with Gasteiger partial charge in [-0.2, -0.15) is 13.5 Å². The van der Waals surface area contributed by atoms with Crippen LogP contribution in [0.25, 0.3) is 0 Å². The number of amides is 3. The highest BCUT2D eigenvalue weighted by atomic mass is 32.3. The number of rotatable bonds is 11. The molecule has 0 spiro atoms. The lowest BCUT2D eigenvalue weighted by molar-refractivity contribution is -0.147. The number of carboxylic acids is 1. The van der Waals surface area contributed by atoms with E-state index in [0.29, 0.717) is 32.1 Å². The third kappa shape index (κ3) is 5.82. The normalized spacial score (nSPS) is 22.5. The lowest BCUT2D eigenvalue weighted by atomic mass is 9.82. The quantitative estimate of drug-likeness (QED) is 0.477. The van der Waals surface area contributed by atoms with Crippen molar-refractivity contribution in [1.82, 2.24) is 9.96 Å². The fourth-order valence-electron chi connectivity index (χ4n) is 3.57. The van der Waals surface area contributed by atoms with Crippen molar-refractivity contribution in [1.29, 1.82) is 0 Å². The standard InChI is InChI=1S/C18H31N3O8S/c1-17(2,8-5-9-18(3,4)15(23)24)11-28-30(26,27)29-21-12-6-7-13(14(19)22)20(10-12)16(21)25/h12-13H,5-11H2,1-4H3,(H2,19,22)(H,23,24)/t12-,13+/m1/s1. The van der Waals surface area contributed by atoms with Crippen LogP contribution in [0.4, 0.5) is 4.79 Å². The highest BCUT2D eigenvalue weighted by Crippen LogP contribution is 2.32. The number of piperidine rings is 1. The molecule has 0 aromatic rings. The van der Waals surface area contributed by atoms with Gasteiger partial charge in [0.05, 0.1) is 18.1 Å². The first kappa shape index (κ1) is 24.4. The summed E-state index contributed by atoms with van der Waals surface area (Å²) in [4.78, 5) is 36.3. The second kappa shape index (κ2) is 8.67. The highest BCUT2D eigenvalue weighted by Gasteiger charge is 2.49. The fourth-order valence-corrected chi connectivity index (χ4v) is 4.45. The van der Waals surface area contributed by atoms with Crippen LogP contribution in [0, 0.1) is 10.8 Å². The number of aliphatic carboxylic acids is 1. The Bertz CT molecular complexity index is 795. The van der Waals surface area contributed by atoms with Gasteiger partial charge in [0, 0.05) is 6.54 Å². The Morgan fingerprint density at radius 3 is 2.40 bits per heavy atom. The summed E-state index contributed by atoms with van der Waals surface area (Å²) in [6, 6.07) is -2.01. The summed E-state index contributed by atoms with van der Waals surface area (Å²) in [5, 5.41) is 9.90. The average Bonchev–Trinajstić information content (AvgIpc) is 2.84. The van der Waals surface area contributed by atoms with Crippen molar-refractivity contribution in [2.45, 2.75) is 71.9 Å². The number of nitrogens with two attached hydrogens (primary N) is 1. The molecule has 12 heteroatoms. The van der Waals surface area contributed by atoms with E-state index >= 15 is 0 Å². The third-order valence-corrected chi connectivity index (χ3v) is 6.40. The molecule has 0 unspecified atom stereocenters. The smallest absolute Gasteiger partial charge is 0.421 e. The van der Waals surface area contributed by atoms with Gasteiger partial charge in [-0.3, -0.25) is 9.59 Å². The largest absolute Gasteiger partial charge is 0.481 e. The van der Waals surface area contributed by atoms with E-state index in [0.717, 1.165) is 5.06 Å². The minimum absolute atomic E-state index is 0.160. The van der Waals surface area contributed by atoms with Gasteiger partial charge >= 0.3 is 22.4 Å². The SMILES string of the molecule is CC(C)(CCCC(C)(C)C(=O)O)COS(=O)(=O)ON1C(=O)N2C[C@H]1CC[C@H]2C(N)=O. The van der Waals surface area contributed by atoms with Gasteiger partial charge in [0.2, 0.25) is 5.91 Å². The number of carboxylic acid groups (broad SMARTS) is 1. The summed E-state index contributed by atoms with van der Waals surface area (Å²) >= 11 is 0. The second-order valence-corrected chi connectivity index (χ2v) is 10.6. The molecule has 2 saturated heterocycles. The molecular weight excluding hydrogens is 418 g/mol. The predicted octanol–water partition coefficient (Wildman–Crippen LogP) is 1.24. The van der Waals surface area contributed by atoms with Crippen LogP contribution in [-0.4, -0.2) is 66.6 Å². The molecule has 0 aromatic carbocycles. The molecule has 2 aliphatic heterocycles. The van der Waals surface area contributed by atoms with Crippen LogP contribution in [-0.2, 0) is 28.5 Å². The Morgan fingerprint density at radius 2 is 1.83 bits per heavy atom. The maximum atomic E-state index is 12.4. The van der Waals surface area contributed by atoms with Crippen molar-refractivity contribution in [3.8, 4) is 0 Å². The van der Waals surface area contributed by atoms with E-state index in [1.54, 1.807) is 27.7 Å². The van der Waals surface area contributed by atoms with Crippen LogP contribution < -0.4 is 5.73 Å². The lowest BCUT2D eigenvalue weighted by Crippen LogP contribution is -2.47. The van der Waals surface area contributed by atoms with Crippen molar-refractivity contribution in [3.05, 3.63) is 0 Å². The van der Waals surface area contributed by atoms with E-state index < -0.39 is 51.2 Å². The number of hydrogen-bond donors (Lipinski definition) is 2. The van der Waals surface area contributed by atoms with Crippen molar-refractivity contribution < 1.29 is 36.4 Å². The minimum atomic E-state index is -4.51. The number of urea groups is 1. The predicted molar refractivity (Wildman–Crippen MR) is 105 cm³/mol. The third-order valence-electron chi connectivity index (χ3n) is 5.65. The summed E-state index contributed by atoms with van der Waals surface area (Å²) in [7, 11) is -4.51. The van der Waals surface area contributed by atoms with Crippen LogP contribution in [0.5, 0.6) is 0 Å². The average molecular weight is 450 g/mol. The summed E-state index contributed by atoms with van der Waals surface area (Å²) in [6.45, 7) is 6.84. The summed E-state index contributed by atoms with van der Waals surface area (Å²) in [5.41, 5.74) is 3.88. The van der Waals surface area contributed by atoms with Crippen LogP contribution >= 0.6 is 0 Å². The van der Waals surface area contributed by atoms with Crippen LogP contribution in [0.1, 0.15) is 59.8 Å². The molecule has 11 nitrogen and oxygen atoms in total. The van der Waals surface area contributed by atoms with Gasteiger partial charge in [-0.25, -0.2) is 8.98 Å². The van der Waals surface area contributed by atoms with Gasteiger partial charge in [-0.05, 0) is 44.9 Å². The van der Waals surface area contributed by atoms with E-state index in [1.807, 2.05) is 0 Å². The van der Waals surface area contributed by atoms with E-state index in [-0.39, 0.29) is 13.2 Å².